The maximum Gasteiger partial charge on any atom is 0.343 e. The van der Waals surface area contributed by atoms with E-state index in [0.717, 1.165) is 29.7 Å². The summed E-state index contributed by atoms with van der Waals surface area (Å²) in [7, 11) is -3.64. The van der Waals surface area contributed by atoms with Crippen molar-refractivity contribution in [3.05, 3.63) is 74.1 Å². The lowest BCUT2D eigenvalue weighted by Crippen LogP contribution is -2.54. The zero-order valence-corrected chi connectivity index (χ0v) is 34.5. The Hall–Kier alpha value is -5.86. The molecule has 3 aliphatic rings. The van der Waals surface area contributed by atoms with Gasteiger partial charge in [0.15, 0.2) is 17.2 Å². The van der Waals surface area contributed by atoms with Crippen molar-refractivity contribution >= 4 is 71.7 Å². The quantitative estimate of drug-likeness (QED) is 0.146. The lowest BCUT2D eigenvalue weighted by molar-refractivity contribution is -0.172. The van der Waals surface area contributed by atoms with Gasteiger partial charge >= 0.3 is 5.97 Å². The Balaban J connectivity index is 1.01. The number of halogens is 2. The molecule has 314 valence electrons. The van der Waals surface area contributed by atoms with E-state index in [0.29, 0.717) is 39.0 Å². The van der Waals surface area contributed by atoms with Crippen molar-refractivity contribution in [1.29, 1.82) is 0 Å². The van der Waals surface area contributed by atoms with Crippen LogP contribution in [0.1, 0.15) is 61.9 Å². The molecule has 0 bridgehead atoms. The summed E-state index contributed by atoms with van der Waals surface area (Å²) >= 11 is 0.838. The molecule has 0 saturated carbocycles. The Kier molecular flexibility index (Phi) is 10.0. The van der Waals surface area contributed by atoms with Gasteiger partial charge in [-0.3, -0.25) is 19.2 Å². The topological polar surface area (TPSA) is 225 Å². The molecule has 0 unspecified atom stereocenters. The van der Waals surface area contributed by atoms with Gasteiger partial charge in [-0.25, -0.2) is 32.0 Å². The maximum absolute atomic E-state index is 16.0. The second-order valence-electron chi connectivity index (χ2n) is 15.4. The molecular weight excluding hydrogens is 827 g/mol. The highest BCUT2D eigenvalue weighted by atomic mass is 32.2. The van der Waals surface area contributed by atoms with Gasteiger partial charge in [-0.2, -0.15) is 0 Å². The molecule has 3 aliphatic heterocycles. The summed E-state index contributed by atoms with van der Waals surface area (Å²) in [5.74, 6) is -5.26. The lowest BCUT2D eigenvalue weighted by Gasteiger charge is -2.31. The van der Waals surface area contributed by atoms with Gasteiger partial charge in [0.25, 0.3) is 5.56 Å². The van der Waals surface area contributed by atoms with Crippen molar-refractivity contribution in [3.63, 3.8) is 0 Å². The summed E-state index contributed by atoms with van der Waals surface area (Å²) in [5.41, 5.74) is -0.0757. The number of pyridine rings is 2. The molecule has 3 atom stereocenters. The van der Waals surface area contributed by atoms with Gasteiger partial charge in [-0.15, -0.1) is 11.3 Å². The van der Waals surface area contributed by atoms with Crippen molar-refractivity contribution in [1.82, 2.24) is 25.2 Å². The van der Waals surface area contributed by atoms with E-state index in [1.807, 2.05) is 0 Å². The molecule has 0 aliphatic carbocycles. The highest BCUT2D eigenvalue weighted by Gasteiger charge is 2.46. The van der Waals surface area contributed by atoms with Crippen LogP contribution in [0.15, 0.2) is 33.4 Å². The third-order valence-electron chi connectivity index (χ3n) is 11.1. The number of hydrogen-bond donors (Lipinski definition) is 4. The summed E-state index contributed by atoms with van der Waals surface area (Å²) in [6.45, 7) is 6.19. The van der Waals surface area contributed by atoms with E-state index < -0.39 is 80.7 Å². The number of hydrogen-bond acceptors (Lipinski definition) is 13. The van der Waals surface area contributed by atoms with Crippen LogP contribution in [0.25, 0.3) is 32.5 Å². The molecule has 0 radical (unpaired) electrons. The van der Waals surface area contributed by atoms with Crippen molar-refractivity contribution in [3.8, 4) is 17.1 Å². The van der Waals surface area contributed by atoms with Gasteiger partial charge in [-0.05, 0) is 42.5 Å². The van der Waals surface area contributed by atoms with E-state index in [1.54, 1.807) is 26.8 Å². The van der Waals surface area contributed by atoms with E-state index in [9.17, 15) is 41.9 Å². The van der Waals surface area contributed by atoms with Crippen LogP contribution < -0.4 is 26.2 Å². The second kappa shape index (κ2) is 14.7. The van der Waals surface area contributed by atoms with Crippen molar-refractivity contribution in [2.24, 2.45) is 5.92 Å². The second-order valence-corrected chi connectivity index (χ2v) is 18.6. The molecule has 60 heavy (non-hydrogen) atoms. The fourth-order valence-corrected chi connectivity index (χ4v) is 9.74. The number of thiazole rings is 1. The number of esters is 1. The number of rotatable bonds is 10. The third-order valence-corrected chi connectivity index (χ3v) is 13.8. The van der Waals surface area contributed by atoms with E-state index in [1.165, 1.54) is 17.6 Å². The highest BCUT2D eigenvalue weighted by molar-refractivity contribution is 7.92. The predicted molar refractivity (Wildman–Crippen MR) is 213 cm³/mol. The molecule has 0 saturated heterocycles. The molecule has 0 fully saturated rings. The van der Waals surface area contributed by atoms with Crippen molar-refractivity contribution in [2.75, 3.05) is 18.2 Å². The van der Waals surface area contributed by atoms with Crippen LogP contribution in [0.3, 0.4) is 0 Å². The molecule has 3 aromatic heterocycles. The van der Waals surface area contributed by atoms with Crippen LogP contribution in [0.4, 0.5) is 14.5 Å². The smallest absolute Gasteiger partial charge is 0.343 e. The number of carbonyl (C=O) groups is 4. The molecule has 4 N–H and O–H groups in total. The highest BCUT2D eigenvalue weighted by Crippen LogP contribution is 2.46. The number of aromatic nitrogens is 3. The number of ether oxygens (including phenoxy) is 2. The first-order valence-corrected chi connectivity index (χ1v) is 21.7. The first-order valence-electron chi connectivity index (χ1n) is 19.0. The molecule has 8 rings (SSSR count). The number of fused-ring (bicyclic) bond motifs is 6. The summed E-state index contributed by atoms with van der Waals surface area (Å²) in [5, 5.41) is 19.3. The van der Waals surface area contributed by atoms with Gasteiger partial charge in [0.05, 0.1) is 52.3 Å². The van der Waals surface area contributed by atoms with E-state index >= 15 is 4.39 Å². The lowest BCUT2D eigenvalue weighted by atomic mass is 9.86. The standard InChI is InChI=1S/C40H38F2N6O10S2/c1-6-40(54)22-11-27-32-20(14-48(27)37(52)21(22)15-58-38(40)53)19-7-8-57-34-30(19)26(44-32)13-24(42)33(34)47-35(50)17(4)43-36(51)31(16(2)3)46-29(49)10-18-9-28-25(12-23(18)41)45-39(59-28)60(5,55)56/h9,11-13,16-17,31,54H,6-8,10,14-15H2,1-5H3,(H,43,51)(H,46,49)(H,47,50)/t17-,31-,40-/m0/s1. The molecule has 5 aromatic rings. The van der Waals surface area contributed by atoms with Gasteiger partial charge in [0.1, 0.15) is 30.2 Å². The number of aliphatic hydroxyl groups is 1. The Labute approximate surface area is 344 Å². The fraction of sp³-hybridized carbons (Fsp3) is 0.375. The average Bonchev–Trinajstić information content (AvgIpc) is 3.79. The molecule has 0 spiro atoms. The number of sulfone groups is 1. The summed E-state index contributed by atoms with van der Waals surface area (Å²) < 4.78 is 67.5. The zero-order chi connectivity index (χ0) is 43.2. The number of nitrogens with one attached hydrogen (secondary N) is 3. The van der Waals surface area contributed by atoms with Crippen molar-refractivity contribution < 1.29 is 51.0 Å². The summed E-state index contributed by atoms with van der Waals surface area (Å²) in [4.78, 5) is 75.1. The predicted octanol–water partition coefficient (Wildman–Crippen LogP) is 3.13. The SMILES string of the molecule is CC[C@@]1(O)C(=O)OCc2c1cc1n(c2=O)Cc2c-1nc1cc(F)c(NC(=O)[C@H](C)NC(=O)[C@@H](NC(=O)Cc3cc4sc(S(C)(=O)=O)nc4cc3F)C(C)C)c3c1c2CCO3. The summed E-state index contributed by atoms with van der Waals surface area (Å²) in [6, 6.07) is 2.65. The third kappa shape index (κ3) is 6.75. The molecule has 6 heterocycles. The minimum atomic E-state index is -3.64. The Morgan fingerprint density at radius 3 is 2.42 bits per heavy atom. The van der Waals surface area contributed by atoms with Crippen LogP contribution in [-0.2, 0) is 65.3 Å². The van der Waals surface area contributed by atoms with Gasteiger partial charge < -0.3 is 35.1 Å². The largest absolute Gasteiger partial charge is 0.490 e. The van der Waals surface area contributed by atoms with Crippen LogP contribution in [0, 0.1) is 17.6 Å². The van der Waals surface area contributed by atoms with Gasteiger partial charge in [0.2, 0.25) is 31.9 Å². The van der Waals surface area contributed by atoms with E-state index in [4.69, 9.17) is 14.5 Å². The number of nitrogens with zero attached hydrogens (tertiary/aromatic N) is 3. The van der Waals surface area contributed by atoms with Crippen LogP contribution in [0.2, 0.25) is 0 Å². The number of amides is 3. The molecular formula is C40H38F2N6O10S2. The average molecular weight is 865 g/mol. The van der Waals surface area contributed by atoms with Crippen LogP contribution >= 0.6 is 11.3 Å². The normalized spacial score (nSPS) is 17.6. The minimum Gasteiger partial charge on any atom is -0.490 e. The minimum absolute atomic E-state index is 0.0130. The zero-order valence-electron chi connectivity index (χ0n) is 32.8. The number of benzene rings is 2. The maximum atomic E-state index is 16.0. The first kappa shape index (κ1) is 40.9. The number of anilines is 1. The monoisotopic (exact) mass is 864 g/mol. The number of cyclic esters (lactones) is 1. The Morgan fingerprint density at radius 1 is 0.983 bits per heavy atom. The number of carbonyl (C=O) groups excluding carboxylic acids is 4. The van der Waals surface area contributed by atoms with Crippen LogP contribution in [-0.4, -0.2) is 76.7 Å². The van der Waals surface area contributed by atoms with E-state index in [2.05, 4.69) is 20.9 Å². The van der Waals surface area contributed by atoms with Gasteiger partial charge in [0, 0.05) is 41.3 Å². The summed E-state index contributed by atoms with van der Waals surface area (Å²) in [6.07, 6.45) is 0.835. The molecule has 16 nitrogen and oxygen atoms in total. The molecule has 2 aromatic carbocycles. The van der Waals surface area contributed by atoms with Gasteiger partial charge in [-0.1, -0.05) is 20.8 Å². The Bertz CT molecular complexity index is 2910. The Morgan fingerprint density at radius 2 is 1.72 bits per heavy atom. The van der Waals surface area contributed by atoms with Crippen molar-refractivity contribution in [2.45, 2.75) is 82.1 Å². The molecule has 20 heteroatoms. The van der Waals surface area contributed by atoms with E-state index in [-0.39, 0.29) is 69.7 Å². The first-order chi connectivity index (χ1) is 28.3. The fourth-order valence-electron chi connectivity index (χ4n) is 7.86. The van der Waals surface area contributed by atoms with Crippen LogP contribution in [0.5, 0.6) is 5.75 Å². The molecule has 3 amide bonds.